The number of rotatable bonds is 2. The minimum atomic E-state index is -4.27. The van der Waals surface area contributed by atoms with Gasteiger partial charge in [-0.3, -0.25) is 0 Å². The second kappa shape index (κ2) is 5.90. The van der Waals surface area contributed by atoms with Crippen LogP contribution in [0.3, 0.4) is 0 Å². The molecule has 21 heavy (non-hydrogen) atoms. The summed E-state index contributed by atoms with van der Waals surface area (Å²) in [5.74, 6) is 0.550. The van der Waals surface area contributed by atoms with E-state index in [0.717, 1.165) is 24.2 Å². The minimum absolute atomic E-state index is 0.212. The highest BCUT2D eigenvalue weighted by Crippen LogP contribution is 2.39. The Morgan fingerprint density at radius 3 is 2.05 bits per heavy atom. The Balaban J connectivity index is 2.09. The molecule has 0 radical (unpaired) electrons. The van der Waals surface area contributed by atoms with Crippen LogP contribution in [0.2, 0.25) is 0 Å². The summed E-state index contributed by atoms with van der Waals surface area (Å²) in [6.45, 7) is 6.72. The molecule has 0 spiro atoms. The van der Waals surface area contributed by atoms with Gasteiger partial charge in [0.2, 0.25) is 0 Å². The standard InChI is InChI=1S/C17H24F3N/c1-16(2,3)14-6-4-5-7-15(14)21-13-10-8-12(9-11-13)17(18,19)20/h8-11,14-15,21H,4-7H2,1-3H3. The number of benzene rings is 1. The first kappa shape index (κ1) is 16.2. The average molecular weight is 299 g/mol. The molecule has 1 aliphatic carbocycles. The van der Waals surface area contributed by atoms with E-state index in [0.29, 0.717) is 12.0 Å². The molecule has 0 aromatic heterocycles. The summed E-state index contributed by atoms with van der Waals surface area (Å²) in [7, 11) is 0. The fourth-order valence-electron chi connectivity index (χ4n) is 3.31. The van der Waals surface area contributed by atoms with Crippen molar-refractivity contribution in [3.05, 3.63) is 29.8 Å². The molecule has 0 bridgehead atoms. The van der Waals surface area contributed by atoms with Crippen molar-refractivity contribution >= 4 is 5.69 Å². The highest BCUT2D eigenvalue weighted by molar-refractivity contribution is 5.46. The van der Waals surface area contributed by atoms with Crippen LogP contribution in [-0.2, 0) is 6.18 Å². The number of hydrogen-bond acceptors (Lipinski definition) is 1. The topological polar surface area (TPSA) is 12.0 Å². The molecule has 2 unspecified atom stereocenters. The van der Waals surface area contributed by atoms with Crippen LogP contribution in [-0.4, -0.2) is 6.04 Å². The first-order chi connectivity index (χ1) is 9.68. The van der Waals surface area contributed by atoms with Gasteiger partial charge in [-0.05, 0) is 48.4 Å². The molecule has 2 rings (SSSR count). The van der Waals surface area contributed by atoms with Gasteiger partial charge >= 0.3 is 6.18 Å². The van der Waals surface area contributed by atoms with Crippen molar-refractivity contribution < 1.29 is 13.2 Å². The molecule has 1 aromatic rings. The number of alkyl halides is 3. The quantitative estimate of drug-likeness (QED) is 0.736. The highest BCUT2D eigenvalue weighted by atomic mass is 19.4. The fourth-order valence-corrected chi connectivity index (χ4v) is 3.31. The molecule has 1 aromatic carbocycles. The lowest BCUT2D eigenvalue weighted by Crippen LogP contribution is -2.39. The Bertz CT molecular complexity index is 456. The maximum absolute atomic E-state index is 12.6. The largest absolute Gasteiger partial charge is 0.416 e. The van der Waals surface area contributed by atoms with E-state index >= 15 is 0 Å². The van der Waals surface area contributed by atoms with Gasteiger partial charge in [0.1, 0.15) is 0 Å². The Labute approximate surface area is 124 Å². The maximum atomic E-state index is 12.6. The lowest BCUT2D eigenvalue weighted by Gasteiger charge is -2.41. The Morgan fingerprint density at radius 2 is 1.52 bits per heavy atom. The normalized spacial score (nSPS) is 23.9. The van der Waals surface area contributed by atoms with Gasteiger partial charge in [-0.1, -0.05) is 33.6 Å². The van der Waals surface area contributed by atoms with E-state index in [1.165, 1.54) is 31.4 Å². The summed E-state index contributed by atoms with van der Waals surface area (Å²) >= 11 is 0. The molecule has 4 heteroatoms. The summed E-state index contributed by atoms with van der Waals surface area (Å²) in [4.78, 5) is 0. The third kappa shape index (κ3) is 4.14. The van der Waals surface area contributed by atoms with Crippen LogP contribution in [0.5, 0.6) is 0 Å². The van der Waals surface area contributed by atoms with Gasteiger partial charge < -0.3 is 5.32 Å². The Kier molecular flexibility index (Phi) is 4.54. The molecule has 1 nitrogen and oxygen atoms in total. The van der Waals surface area contributed by atoms with Crippen molar-refractivity contribution in [3.8, 4) is 0 Å². The van der Waals surface area contributed by atoms with Gasteiger partial charge in [-0.15, -0.1) is 0 Å². The molecule has 0 saturated heterocycles. The third-order valence-corrected chi connectivity index (χ3v) is 4.44. The van der Waals surface area contributed by atoms with E-state index in [1.807, 2.05) is 0 Å². The summed E-state index contributed by atoms with van der Waals surface area (Å²) in [6, 6.07) is 5.72. The van der Waals surface area contributed by atoms with Crippen molar-refractivity contribution in [1.29, 1.82) is 0 Å². The SMILES string of the molecule is CC(C)(C)C1CCCCC1Nc1ccc(C(F)(F)F)cc1. The van der Waals surface area contributed by atoms with Crippen LogP contribution < -0.4 is 5.32 Å². The lowest BCUT2D eigenvalue weighted by molar-refractivity contribution is -0.137. The van der Waals surface area contributed by atoms with Gasteiger partial charge in [0.05, 0.1) is 5.56 Å². The van der Waals surface area contributed by atoms with Gasteiger partial charge in [-0.25, -0.2) is 0 Å². The van der Waals surface area contributed by atoms with E-state index in [-0.39, 0.29) is 5.41 Å². The molecule has 1 N–H and O–H groups in total. The summed E-state index contributed by atoms with van der Waals surface area (Å²) < 4.78 is 37.7. The number of anilines is 1. The fraction of sp³-hybridized carbons (Fsp3) is 0.647. The van der Waals surface area contributed by atoms with Gasteiger partial charge in [-0.2, -0.15) is 13.2 Å². The zero-order valence-corrected chi connectivity index (χ0v) is 12.9. The van der Waals surface area contributed by atoms with Crippen LogP contribution in [0, 0.1) is 11.3 Å². The van der Waals surface area contributed by atoms with Crippen LogP contribution in [0.15, 0.2) is 24.3 Å². The monoisotopic (exact) mass is 299 g/mol. The summed E-state index contributed by atoms with van der Waals surface area (Å²) in [5.41, 5.74) is 0.400. The molecule has 1 aliphatic rings. The Hall–Kier alpha value is -1.19. The first-order valence-corrected chi connectivity index (χ1v) is 7.62. The van der Waals surface area contributed by atoms with Crippen molar-refractivity contribution in [3.63, 3.8) is 0 Å². The number of halogens is 3. The van der Waals surface area contributed by atoms with Gasteiger partial charge in [0.25, 0.3) is 0 Å². The van der Waals surface area contributed by atoms with Gasteiger partial charge in [0, 0.05) is 11.7 Å². The van der Waals surface area contributed by atoms with E-state index in [9.17, 15) is 13.2 Å². The smallest absolute Gasteiger partial charge is 0.382 e. The van der Waals surface area contributed by atoms with E-state index < -0.39 is 11.7 Å². The zero-order valence-electron chi connectivity index (χ0n) is 12.9. The maximum Gasteiger partial charge on any atom is 0.416 e. The van der Waals surface area contributed by atoms with Gasteiger partial charge in [0.15, 0.2) is 0 Å². The van der Waals surface area contributed by atoms with Crippen LogP contribution in [0.1, 0.15) is 52.0 Å². The van der Waals surface area contributed by atoms with Crippen molar-refractivity contribution in [2.24, 2.45) is 11.3 Å². The van der Waals surface area contributed by atoms with E-state index in [1.54, 1.807) is 0 Å². The lowest BCUT2D eigenvalue weighted by atomic mass is 9.69. The molecule has 1 fully saturated rings. The van der Waals surface area contributed by atoms with Crippen molar-refractivity contribution in [1.82, 2.24) is 0 Å². The third-order valence-electron chi connectivity index (χ3n) is 4.44. The minimum Gasteiger partial charge on any atom is -0.382 e. The number of nitrogens with one attached hydrogen (secondary N) is 1. The van der Waals surface area contributed by atoms with E-state index in [4.69, 9.17) is 0 Å². The molecule has 1 saturated carbocycles. The van der Waals surface area contributed by atoms with Crippen LogP contribution in [0.25, 0.3) is 0 Å². The highest BCUT2D eigenvalue weighted by Gasteiger charge is 2.34. The molecular formula is C17H24F3N. The second-order valence-electron chi connectivity index (χ2n) is 7.08. The van der Waals surface area contributed by atoms with Crippen molar-refractivity contribution in [2.45, 2.75) is 58.7 Å². The molecule has 0 amide bonds. The molecule has 0 aliphatic heterocycles. The first-order valence-electron chi connectivity index (χ1n) is 7.62. The van der Waals surface area contributed by atoms with Crippen LogP contribution >= 0.6 is 0 Å². The predicted molar refractivity (Wildman–Crippen MR) is 80.3 cm³/mol. The second-order valence-corrected chi connectivity index (χ2v) is 7.08. The molecule has 2 atom stereocenters. The molecule has 118 valence electrons. The summed E-state index contributed by atoms with van der Waals surface area (Å²) in [5, 5.41) is 3.45. The molecule has 0 heterocycles. The van der Waals surface area contributed by atoms with Crippen molar-refractivity contribution in [2.75, 3.05) is 5.32 Å². The average Bonchev–Trinajstić information content (AvgIpc) is 2.37. The number of hydrogen-bond donors (Lipinski definition) is 1. The van der Waals surface area contributed by atoms with E-state index in [2.05, 4.69) is 26.1 Å². The summed E-state index contributed by atoms with van der Waals surface area (Å²) in [6.07, 6.45) is 0.431. The Morgan fingerprint density at radius 1 is 0.952 bits per heavy atom. The zero-order chi connectivity index (χ0) is 15.7. The predicted octanol–water partition coefficient (Wildman–Crippen LogP) is 5.72. The molecular weight excluding hydrogens is 275 g/mol. The van der Waals surface area contributed by atoms with Crippen LogP contribution in [0.4, 0.5) is 18.9 Å².